The van der Waals surface area contributed by atoms with Crippen molar-refractivity contribution in [3.05, 3.63) is 99.8 Å². The maximum Gasteiger partial charge on any atom is 0.252 e. The van der Waals surface area contributed by atoms with Crippen LogP contribution in [-0.2, 0) is 22.5 Å². The maximum atomic E-state index is 13.6. The predicted molar refractivity (Wildman–Crippen MR) is 140 cm³/mol. The molecule has 188 valence electrons. The first-order valence-corrected chi connectivity index (χ1v) is 12.6. The monoisotopic (exact) mass is 554 g/mol. The van der Waals surface area contributed by atoms with E-state index in [2.05, 4.69) is 21.2 Å². The summed E-state index contributed by atoms with van der Waals surface area (Å²) in [6.45, 7) is 2.59. The lowest BCUT2D eigenvalue weighted by Crippen LogP contribution is -2.52. The average Bonchev–Trinajstić information content (AvgIpc) is 3.22. The Labute approximate surface area is 218 Å². The van der Waals surface area contributed by atoms with E-state index in [4.69, 9.17) is 19.6 Å². The van der Waals surface area contributed by atoms with E-state index in [9.17, 15) is 9.18 Å². The van der Waals surface area contributed by atoms with E-state index in [-0.39, 0.29) is 24.9 Å². The summed E-state index contributed by atoms with van der Waals surface area (Å²) in [5.41, 5.74) is 1.29. The van der Waals surface area contributed by atoms with Crippen LogP contribution in [0.2, 0.25) is 0 Å². The van der Waals surface area contributed by atoms with Gasteiger partial charge in [0.1, 0.15) is 17.7 Å². The largest absolute Gasteiger partial charge is 0.494 e. The highest BCUT2D eigenvalue weighted by atomic mass is 79.9. The summed E-state index contributed by atoms with van der Waals surface area (Å²) in [5.74, 6) is 0.477. The quantitative estimate of drug-likeness (QED) is 0.352. The number of hydrogen-bond acceptors (Lipinski definition) is 5. The third-order valence-corrected chi connectivity index (χ3v) is 6.61. The van der Waals surface area contributed by atoms with Gasteiger partial charge < -0.3 is 19.9 Å². The van der Waals surface area contributed by atoms with Gasteiger partial charge in [0, 0.05) is 36.0 Å². The van der Waals surface area contributed by atoms with Crippen molar-refractivity contribution in [1.29, 1.82) is 0 Å². The molecule has 0 saturated heterocycles. The minimum atomic E-state index is -1.18. The molecule has 6 nitrogen and oxygen atoms in total. The molecule has 1 aliphatic rings. The van der Waals surface area contributed by atoms with E-state index in [1.165, 1.54) is 12.1 Å². The lowest BCUT2D eigenvalue weighted by Gasteiger charge is -2.28. The van der Waals surface area contributed by atoms with Gasteiger partial charge in [-0.05, 0) is 66.6 Å². The van der Waals surface area contributed by atoms with Crippen molar-refractivity contribution >= 4 is 27.7 Å². The van der Waals surface area contributed by atoms with Crippen LogP contribution in [0.1, 0.15) is 30.0 Å². The highest BCUT2D eigenvalue weighted by Gasteiger charge is 2.50. The Morgan fingerprint density at radius 2 is 1.75 bits per heavy atom. The number of nitrogens with one attached hydrogen (secondary N) is 1. The molecular weight excluding hydrogens is 527 g/mol. The second-order valence-corrected chi connectivity index (χ2v) is 9.58. The molecule has 2 N–H and O–H groups in total. The molecule has 0 saturated carbocycles. The van der Waals surface area contributed by atoms with Crippen LogP contribution in [-0.4, -0.2) is 41.8 Å². The van der Waals surface area contributed by atoms with E-state index >= 15 is 0 Å². The molecule has 0 aliphatic carbocycles. The summed E-state index contributed by atoms with van der Waals surface area (Å²) in [6.07, 6.45) is 0.383. The van der Waals surface area contributed by atoms with E-state index < -0.39 is 11.6 Å². The van der Waals surface area contributed by atoms with E-state index in [1.54, 1.807) is 12.1 Å². The molecule has 0 fully saturated rings. The number of ether oxygens (including phenoxy) is 2. The summed E-state index contributed by atoms with van der Waals surface area (Å²) in [6, 6.07) is 21.1. The number of carbonyl (C=O) groups excluding carboxylic acids is 1. The molecule has 1 heterocycles. The van der Waals surface area contributed by atoms with Gasteiger partial charge in [0.25, 0.3) is 5.91 Å². The van der Waals surface area contributed by atoms with Crippen molar-refractivity contribution < 1.29 is 23.8 Å². The Hall–Kier alpha value is -3.23. The van der Waals surface area contributed by atoms with Gasteiger partial charge in [0.15, 0.2) is 5.54 Å². The number of carbonyl (C=O) groups is 1. The SMILES string of the molecule is C[C@H]1OC(c2ccc(OCCCO)cc2)=N[C@@]1(Cc1ccc(Br)cc1)C(=O)NCc1ccc(F)cc1. The summed E-state index contributed by atoms with van der Waals surface area (Å²) in [5, 5.41) is 11.9. The normalized spacial score (nSPS) is 18.9. The topological polar surface area (TPSA) is 80.2 Å². The Balaban J connectivity index is 1.59. The fraction of sp³-hybridized carbons (Fsp3) is 0.286. The number of aliphatic hydroxyl groups is 1. The lowest BCUT2D eigenvalue weighted by molar-refractivity contribution is -0.128. The van der Waals surface area contributed by atoms with Gasteiger partial charge in [0.05, 0.1) is 6.61 Å². The Morgan fingerprint density at radius 1 is 1.08 bits per heavy atom. The molecule has 0 bridgehead atoms. The summed E-state index contributed by atoms with van der Waals surface area (Å²) < 4.78 is 26.0. The fourth-order valence-corrected chi connectivity index (χ4v) is 4.26. The second-order valence-electron chi connectivity index (χ2n) is 8.66. The van der Waals surface area contributed by atoms with Gasteiger partial charge in [-0.15, -0.1) is 0 Å². The summed E-state index contributed by atoms with van der Waals surface area (Å²) >= 11 is 3.45. The predicted octanol–water partition coefficient (Wildman–Crippen LogP) is 4.81. The molecule has 0 spiro atoms. The van der Waals surface area contributed by atoms with Gasteiger partial charge >= 0.3 is 0 Å². The zero-order valence-electron chi connectivity index (χ0n) is 19.9. The van der Waals surface area contributed by atoms with Crippen molar-refractivity contribution in [3.8, 4) is 5.75 Å². The molecule has 1 aliphatic heterocycles. The van der Waals surface area contributed by atoms with Gasteiger partial charge in [-0.1, -0.05) is 40.2 Å². The smallest absolute Gasteiger partial charge is 0.252 e. The minimum absolute atomic E-state index is 0.0737. The van der Waals surface area contributed by atoms with Crippen LogP contribution >= 0.6 is 15.9 Å². The molecule has 0 unspecified atom stereocenters. The number of nitrogens with zero attached hydrogens (tertiary/aromatic N) is 1. The Morgan fingerprint density at radius 3 is 2.42 bits per heavy atom. The van der Waals surface area contributed by atoms with Crippen LogP contribution < -0.4 is 10.1 Å². The van der Waals surface area contributed by atoms with Crippen molar-refractivity contribution in [1.82, 2.24) is 5.32 Å². The highest BCUT2D eigenvalue weighted by Crippen LogP contribution is 2.33. The van der Waals surface area contributed by atoms with Gasteiger partial charge in [-0.25, -0.2) is 9.38 Å². The fourth-order valence-electron chi connectivity index (χ4n) is 3.99. The Kier molecular flexibility index (Phi) is 8.38. The van der Waals surface area contributed by atoms with Crippen LogP contribution in [0.3, 0.4) is 0 Å². The first kappa shape index (κ1) is 25.9. The standard InChI is InChI=1S/C28H28BrFN2O4/c1-19-28(17-20-3-9-23(29)10-4-20,27(34)31-18-21-5-11-24(30)12-6-21)32-26(36-19)22-7-13-25(14-8-22)35-16-2-15-33/h3-14,19,33H,2,15-18H2,1H3,(H,31,34)/t19-,28-/m1/s1. The van der Waals surface area contributed by atoms with Crippen molar-refractivity contribution in [3.63, 3.8) is 0 Å². The average molecular weight is 555 g/mol. The van der Waals surface area contributed by atoms with Gasteiger partial charge in [0.2, 0.25) is 5.90 Å². The number of halogens is 2. The first-order valence-electron chi connectivity index (χ1n) is 11.8. The maximum absolute atomic E-state index is 13.6. The summed E-state index contributed by atoms with van der Waals surface area (Å²) in [4.78, 5) is 18.5. The molecular formula is C28H28BrFN2O4. The van der Waals surface area contributed by atoms with Crippen LogP contribution in [0.25, 0.3) is 0 Å². The van der Waals surface area contributed by atoms with Crippen molar-refractivity contribution in [2.45, 2.75) is 38.0 Å². The molecule has 1 amide bonds. The summed E-state index contributed by atoms with van der Waals surface area (Å²) in [7, 11) is 0. The molecule has 4 rings (SSSR count). The first-order chi connectivity index (χ1) is 17.4. The number of amides is 1. The van der Waals surface area contributed by atoms with Crippen LogP contribution in [0.4, 0.5) is 4.39 Å². The molecule has 0 aromatic heterocycles. The van der Waals surface area contributed by atoms with Crippen molar-refractivity contribution in [2.24, 2.45) is 4.99 Å². The highest BCUT2D eigenvalue weighted by molar-refractivity contribution is 9.10. The van der Waals surface area contributed by atoms with E-state index in [1.807, 2.05) is 55.5 Å². The van der Waals surface area contributed by atoms with E-state index in [0.717, 1.165) is 21.2 Å². The Bertz CT molecular complexity index is 1200. The van der Waals surface area contributed by atoms with Crippen LogP contribution in [0.5, 0.6) is 5.75 Å². The molecule has 0 radical (unpaired) electrons. The molecule has 3 aromatic rings. The third-order valence-electron chi connectivity index (χ3n) is 6.08. The zero-order valence-corrected chi connectivity index (χ0v) is 21.5. The van der Waals surface area contributed by atoms with Crippen LogP contribution in [0, 0.1) is 5.82 Å². The third kappa shape index (κ3) is 6.12. The zero-order chi connectivity index (χ0) is 25.5. The second kappa shape index (κ2) is 11.7. The molecule has 8 heteroatoms. The van der Waals surface area contributed by atoms with Crippen LogP contribution in [0.15, 0.2) is 82.3 Å². The number of hydrogen-bond donors (Lipinski definition) is 2. The minimum Gasteiger partial charge on any atom is -0.494 e. The van der Waals surface area contributed by atoms with Gasteiger partial charge in [-0.2, -0.15) is 0 Å². The number of rotatable bonds is 10. The number of aliphatic hydroxyl groups excluding tert-OH is 1. The molecule has 36 heavy (non-hydrogen) atoms. The molecule has 3 aromatic carbocycles. The lowest BCUT2D eigenvalue weighted by atomic mass is 9.86. The van der Waals surface area contributed by atoms with Gasteiger partial charge in [-0.3, -0.25) is 4.79 Å². The number of aliphatic imine (C=N–C) groups is 1. The van der Waals surface area contributed by atoms with E-state index in [0.29, 0.717) is 31.1 Å². The molecule has 2 atom stereocenters. The number of benzene rings is 3. The van der Waals surface area contributed by atoms with Crippen molar-refractivity contribution in [2.75, 3.05) is 13.2 Å².